The van der Waals surface area contributed by atoms with Crippen molar-refractivity contribution in [2.75, 3.05) is 40.5 Å². The van der Waals surface area contributed by atoms with E-state index in [4.69, 9.17) is 9.47 Å². The van der Waals surface area contributed by atoms with Crippen LogP contribution in [0.2, 0.25) is 0 Å². The standard InChI is InChI=1S/C12H27NO2/c1-5-6-12(2,11-13-3)7-8-15-10-9-14-4/h13H,5-11H2,1-4H3. The number of hydrogen-bond acceptors (Lipinski definition) is 3. The van der Waals surface area contributed by atoms with Gasteiger partial charge in [-0.25, -0.2) is 0 Å². The normalized spacial score (nSPS) is 15.2. The Morgan fingerprint density at radius 1 is 1.13 bits per heavy atom. The van der Waals surface area contributed by atoms with Crippen molar-refractivity contribution < 1.29 is 9.47 Å². The van der Waals surface area contributed by atoms with Crippen LogP contribution < -0.4 is 5.32 Å². The van der Waals surface area contributed by atoms with Crippen LogP contribution in [0, 0.1) is 5.41 Å². The third-order valence-electron chi connectivity index (χ3n) is 2.74. The molecule has 0 aromatic rings. The Morgan fingerprint density at radius 2 is 1.87 bits per heavy atom. The summed E-state index contributed by atoms with van der Waals surface area (Å²) in [7, 11) is 3.71. The largest absolute Gasteiger partial charge is 0.382 e. The van der Waals surface area contributed by atoms with Gasteiger partial charge in [-0.1, -0.05) is 20.3 Å². The van der Waals surface area contributed by atoms with Gasteiger partial charge in [0.2, 0.25) is 0 Å². The molecule has 0 amide bonds. The van der Waals surface area contributed by atoms with Gasteiger partial charge >= 0.3 is 0 Å². The topological polar surface area (TPSA) is 30.5 Å². The Morgan fingerprint density at radius 3 is 2.40 bits per heavy atom. The fraction of sp³-hybridized carbons (Fsp3) is 1.00. The zero-order valence-corrected chi connectivity index (χ0v) is 10.8. The Bertz CT molecular complexity index is 134. The molecule has 3 nitrogen and oxygen atoms in total. The molecule has 0 saturated heterocycles. The van der Waals surface area contributed by atoms with Gasteiger partial charge in [-0.2, -0.15) is 0 Å². The summed E-state index contributed by atoms with van der Waals surface area (Å²) in [4.78, 5) is 0. The lowest BCUT2D eigenvalue weighted by atomic mass is 9.82. The van der Waals surface area contributed by atoms with Crippen LogP contribution in [0.25, 0.3) is 0 Å². The number of ether oxygens (including phenoxy) is 2. The number of hydrogen-bond donors (Lipinski definition) is 1. The molecule has 0 aliphatic rings. The van der Waals surface area contributed by atoms with Crippen molar-refractivity contribution in [2.45, 2.75) is 33.1 Å². The second-order valence-electron chi connectivity index (χ2n) is 4.45. The first-order chi connectivity index (χ1) is 7.18. The highest BCUT2D eigenvalue weighted by molar-refractivity contribution is 4.75. The minimum absolute atomic E-state index is 0.372. The molecule has 0 radical (unpaired) electrons. The second kappa shape index (κ2) is 9.13. The van der Waals surface area contributed by atoms with Gasteiger partial charge in [-0.05, 0) is 25.3 Å². The molecule has 0 spiro atoms. The first-order valence-electron chi connectivity index (χ1n) is 5.90. The summed E-state index contributed by atoms with van der Waals surface area (Å²) in [6.07, 6.45) is 3.60. The quantitative estimate of drug-likeness (QED) is 0.568. The smallest absolute Gasteiger partial charge is 0.0700 e. The van der Waals surface area contributed by atoms with Gasteiger partial charge in [0.25, 0.3) is 0 Å². The van der Waals surface area contributed by atoms with E-state index >= 15 is 0 Å². The molecule has 0 aliphatic carbocycles. The van der Waals surface area contributed by atoms with Gasteiger partial charge in [0.15, 0.2) is 0 Å². The lowest BCUT2D eigenvalue weighted by Gasteiger charge is -2.29. The number of rotatable bonds is 10. The van der Waals surface area contributed by atoms with Gasteiger partial charge in [0.05, 0.1) is 13.2 Å². The molecule has 0 aliphatic heterocycles. The van der Waals surface area contributed by atoms with E-state index in [0.29, 0.717) is 18.6 Å². The second-order valence-corrected chi connectivity index (χ2v) is 4.45. The van der Waals surface area contributed by atoms with E-state index in [0.717, 1.165) is 19.6 Å². The van der Waals surface area contributed by atoms with E-state index < -0.39 is 0 Å². The van der Waals surface area contributed by atoms with Gasteiger partial charge in [0.1, 0.15) is 0 Å². The summed E-state index contributed by atoms with van der Waals surface area (Å²) in [5, 5.41) is 3.26. The zero-order chi connectivity index (χ0) is 11.6. The molecular formula is C12H27NO2. The Kier molecular flexibility index (Phi) is 9.06. The van der Waals surface area contributed by atoms with Crippen molar-refractivity contribution in [1.29, 1.82) is 0 Å². The number of methoxy groups -OCH3 is 1. The van der Waals surface area contributed by atoms with Gasteiger partial charge in [-0.3, -0.25) is 0 Å². The van der Waals surface area contributed by atoms with Crippen molar-refractivity contribution in [1.82, 2.24) is 5.32 Å². The third-order valence-corrected chi connectivity index (χ3v) is 2.74. The molecule has 0 fully saturated rings. The predicted octanol–water partition coefficient (Wildman–Crippen LogP) is 2.07. The maximum absolute atomic E-state index is 5.51. The van der Waals surface area contributed by atoms with Crippen LogP contribution in [0.15, 0.2) is 0 Å². The molecule has 1 unspecified atom stereocenters. The molecule has 15 heavy (non-hydrogen) atoms. The van der Waals surface area contributed by atoms with Crippen LogP contribution in [0.1, 0.15) is 33.1 Å². The lowest BCUT2D eigenvalue weighted by molar-refractivity contribution is 0.0521. The average molecular weight is 217 g/mol. The van der Waals surface area contributed by atoms with Crippen molar-refractivity contribution >= 4 is 0 Å². The van der Waals surface area contributed by atoms with Crippen LogP contribution >= 0.6 is 0 Å². The molecule has 92 valence electrons. The van der Waals surface area contributed by atoms with E-state index in [-0.39, 0.29) is 0 Å². The van der Waals surface area contributed by atoms with Crippen LogP contribution in [-0.2, 0) is 9.47 Å². The highest BCUT2D eigenvalue weighted by Gasteiger charge is 2.21. The minimum atomic E-state index is 0.372. The molecule has 0 heterocycles. The van der Waals surface area contributed by atoms with Crippen molar-refractivity contribution in [3.05, 3.63) is 0 Å². The SMILES string of the molecule is CCCC(C)(CCOCCOC)CNC. The monoisotopic (exact) mass is 217 g/mol. The lowest BCUT2D eigenvalue weighted by Crippen LogP contribution is -2.31. The molecule has 1 N–H and O–H groups in total. The summed E-state index contributed by atoms with van der Waals surface area (Å²) in [5.41, 5.74) is 0.372. The fourth-order valence-corrected chi connectivity index (χ4v) is 1.89. The molecular weight excluding hydrogens is 190 g/mol. The van der Waals surface area contributed by atoms with Gasteiger partial charge < -0.3 is 14.8 Å². The predicted molar refractivity (Wildman–Crippen MR) is 64.3 cm³/mol. The molecule has 0 bridgehead atoms. The molecule has 0 saturated carbocycles. The molecule has 0 aromatic heterocycles. The van der Waals surface area contributed by atoms with Gasteiger partial charge in [0, 0.05) is 20.3 Å². The Hall–Kier alpha value is -0.120. The molecule has 1 atom stereocenters. The first kappa shape index (κ1) is 14.9. The van der Waals surface area contributed by atoms with Crippen LogP contribution in [0.3, 0.4) is 0 Å². The van der Waals surface area contributed by atoms with Crippen molar-refractivity contribution in [3.8, 4) is 0 Å². The number of nitrogens with one attached hydrogen (secondary N) is 1. The zero-order valence-electron chi connectivity index (χ0n) is 10.8. The Balaban J connectivity index is 3.65. The van der Waals surface area contributed by atoms with Crippen molar-refractivity contribution in [2.24, 2.45) is 5.41 Å². The fourth-order valence-electron chi connectivity index (χ4n) is 1.89. The molecule has 3 heteroatoms. The first-order valence-corrected chi connectivity index (χ1v) is 5.90. The van der Waals surface area contributed by atoms with E-state index in [2.05, 4.69) is 19.2 Å². The summed E-state index contributed by atoms with van der Waals surface area (Å²) in [5.74, 6) is 0. The highest BCUT2D eigenvalue weighted by Crippen LogP contribution is 2.26. The summed E-state index contributed by atoms with van der Waals surface area (Å²) in [6, 6.07) is 0. The van der Waals surface area contributed by atoms with E-state index in [1.54, 1.807) is 7.11 Å². The Labute approximate surface area is 94.5 Å². The van der Waals surface area contributed by atoms with Gasteiger partial charge in [-0.15, -0.1) is 0 Å². The van der Waals surface area contributed by atoms with E-state index in [1.807, 2.05) is 7.05 Å². The molecule has 0 rings (SSSR count). The highest BCUT2D eigenvalue weighted by atomic mass is 16.5. The van der Waals surface area contributed by atoms with Crippen LogP contribution in [-0.4, -0.2) is 40.5 Å². The minimum Gasteiger partial charge on any atom is -0.382 e. The summed E-state index contributed by atoms with van der Waals surface area (Å²) in [6.45, 7) is 7.86. The van der Waals surface area contributed by atoms with E-state index in [1.165, 1.54) is 12.8 Å². The van der Waals surface area contributed by atoms with Crippen molar-refractivity contribution in [3.63, 3.8) is 0 Å². The van der Waals surface area contributed by atoms with Crippen LogP contribution in [0.5, 0.6) is 0 Å². The average Bonchev–Trinajstić information content (AvgIpc) is 2.18. The molecule has 0 aromatic carbocycles. The maximum Gasteiger partial charge on any atom is 0.0700 e. The third kappa shape index (κ3) is 7.77. The van der Waals surface area contributed by atoms with Crippen LogP contribution in [0.4, 0.5) is 0 Å². The summed E-state index contributed by atoms with van der Waals surface area (Å²) < 4.78 is 10.4. The maximum atomic E-state index is 5.51. The van der Waals surface area contributed by atoms with E-state index in [9.17, 15) is 0 Å². The summed E-state index contributed by atoms with van der Waals surface area (Å²) >= 11 is 0.